The average molecular weight is 494 g/mol. The fourth-order valence-electron chi connectivity index (χ4n) is 5.02. The smallest absolute Gasteiger partial charge is 0.261 e. The highest BCUT2D eigenvalue weighted by Gasteiger charge is 2.50. The Morgan fingerprint density at radius 2 is 1.38 bits per heavy atom. The van der Waals surface area contributed by atoms with E-state index in [-0.39, 0.29) is 5.04 Å². The predicted molar refractivity (Wildman–Crippen MR) is 145 cm³/mol. The fraction of sp³-hybridized carbons (Fsp3) is 0.393. The van der Waals surface area contributed by atoms with Crippen LogP contribution >= 0.6 is 11.6 Å². The Morgan fingerprint density at radius 3 is 1.88 bits per heavy atom. The van der Waals surface area contributed by atoms with E-state index in [1.54, 1.807) is 0 Å². The van der Waals surface area contributed by atoms with Crippen molar-refractivity contribution in [2.24, 2.45) is 0 Å². The van der Waals surface area contributed by atoms with Crippen LogP contribution in [0.2, 0.25) is 10.2 Å². The van der Waals surface area contributed by atoms with Gasteiger partial charge in [0.15, 0.2) is 0 Å². The van der Waals surface area contributed by atoms with Crippen molar-refractivity contribution in [1.29, 1.82) is 0 Å². The van der Waals surface area contributed by atoms with Gasteiger partial charge in [-0.3, -0.25) is 9.80 Å². The molecule has 0 spiro atoms. The van der Waals surface area contributed by atoms with Crippen molar-refractivity contribution >= 4 is 30.3 Å². The van der Waals surface area contributed by atoms with Crippen LogP contribution in [-0.2, 0) is 11.0 Å². The molecule has 1 fully saturated rings. The van der Waals surface area contributed by atoms with Crippen molar-refractivity contribution < 1.29 is 4.43 Å². The van der Waals surface area contributed by atoms with Gasteiger partial charge in [-0.05, 0) is 27.0 Å². The highest BCUT2D eigenvalue weighted by molar-refractivity contribution is 6.99. The summed E-state index contributed by atoms with van der Waals surface area (Å²) >= 11 is 5.92. The molecular weight excluding hydrogens is 458 g/mol. The molecule has 1 aliphatic heterocycles. The Bertz CT molecular complexity index is 978. The lowest BCUT2D eigenvalue weighted by Crippen LogP contribution is -2.67. The van der Waals surface area contributed by atoms with Crippen molar-refractivity contribution in [1.82, 2.24) is 14.8 Å². The third-order valence-electron chi connectivity index (χ3n) is 6.80. The number of piperazine rings is 1. The molecule has 1 aromatic heterocycles. The summed E-state index contributed by atoms with van der Waals surface area (Å²) in [5.74, 6) is 0. The summed E-state index contributed by atoms with van der Waals surface area (Å²) in [6.07, 6.45) is 1.88. The van der Waals surface area contributed by atoms with Crippen molar-refractivity contribution in [3.63, 3.8) is 0 Å². The fourth-order valence-corrected chi connectivity index (χ4v) is 9.68. The third-order valence-corrected chi connectivity index (χ3v) is 12.1. The molecule has 34 heavy (non-hydrogen) atoms. The number of rotatable bonds is 8. The van der Waals surface area contributed by atoms with Gasteiger partial charge >= 0.3 is 0 Å². The summed E-state index contributed by atoms with van der Waals surface area (Å²) in [7, 11) is -2.46. The molecule has 0 aliphatic carbocycles. The summed E-state index contributed by atoms with van der Waals surface area (Å²) in [5, 5.41) is 3.25. The van der Waals surface area contributed by atoms with Gasteiger partial charge < -0.3 is 4.43 Å². The quantitative estimate of drug-likeness (QED) is 0.343. The minimum absolute atomic E-state index is 0.0149. The second-order valence-electron chi connectivity index (χ2n) is 10.1. The van der Waals surface area contributed by atoms with Gasteiger partial charge in [-0.2, -0.15) is 0 Å². The molecule has 0 unspecified atom stereocenters. The van der Waals surface area contributed by atoms with E-state index >= 15 is 0 Å². The molecule has 0 radical (unpaired) electrons. The number of aromatic nitrogens is 1. The van der Waals surface area contributed by atoms with Gasteiger partial charge in [0.2, 0.25) is 0 Å². The van der Waals surface area contributed by atoms with Gasteiger partial charge in [-0.15, -0.1) is 0 Å². The van der Waals surface area contributed by atoms with E-state index < -0.39 is 8.32 Å². The number of hydrogen-bond acceptors (Lipinski definition) is 4. The Hall–Kier alpha value is -2.02. The zero-order valence-corrected chi connectivity index (χ0v) is 22.3. The summed E-state index contributed by atoms with van der Waals surface area (Å²) in [4.78, 5) is 9.24. The highest BCUT2D eigenvalue weighted by Crippen LogP contribution is 2.36. The minimum Gasteiger partial charge on any atom is -0.406 e. The van der Waals surface area contributed by atoms with Gasteiger partial charge in [0.05, 0.1) is 0 Å². The lowest BCUT2D eigenvalue weighted by Gasteiger charge is -2.43. The van der Waals surface area contributed by atoms with Crippen LogP contribution in [0.4, 0.5) is 0 Å². The van der Waals surface area contributed by atoms with Gasteiger partial charge in [0, 0.05) is 52.1 Å². The zero-order valence-electron chi connectivity index (χ0n) is 20.6. The molecule has 0 atom stereocenters. The van der Waals surface area contributed by atoms with E-state index in [0.29, 0.717) is 5.15 Å². The Balaban J connectivity index is 1.40. The van der Waals surface area contributed by atoms with Crippen LogP contribution in [0, 0.1) is 0 Å². The predicted octanol–water partition coefficient (Wildman–Crippen LogP) is 4.43. The molecule has 2 aromatic carbocycles. The molecule has 1 saturated heterocycles. The summed E-state index contributed by atoms with van der Waals surface area (Å²) < 4.78 is 7.07. The Kier molecular flexibility index (Phi) is 8.22. The van der Waals surface area contributed by atoms with E-state index in [1.807, 2.05) is 12.3 Å². The van der Waals surface area contributed by atoms with E-state index in [2.05, 4.69) is 102 Å². The maximum atomic E-state index is 7.07. The van der Waals surface area contributed by atoms with Gasteiger partial charge in [0.25, 0.3) is 8.32 Å². The molecule has 0 bridgehead atoms. The number of pyridine rings is 1. The molecular formula is C28H36ClN3OSi. The van der Waals surface area contributed by atoms with Crippen molar-refractivity contribution in [2.45, 2.75) is 32.4 Å². The minimum atomic E-state index is -2.46. The molecule has 6 heteroatoms. The first kappa shape index (κ1) is 25.1. The average Bonchev–Trinajstić information content (AvgIpc) is 2.85. The molecule has 180 valence electrons. The first-order valence-electron chi connectivity index (χ1n) is 12.2. The van der Waals surface area contributed by atoms with Crippen LogP contribution in [0.5, 0.6) is 0 Å². The second-order valence-corrected chi connectivity index (χ2v) is 14.8. The standard InChI is InChI=1S/C28H36ClN3OSi/c1-28(2,3)34(25-10-6-4-7-11-25,26-12-8-5-9-13-26)33-21-20-31-16-18-32(19-17-31)23-24-14-15-27(29)30-22-24/h4-15,22H,16-21,23H2,1-3H3. The SMILES string of the molecule is CC(C)(C)[Si](OCCN1CCN(Cc2ccc(Cl)nc2)CC1)(c1ccccc1)c1ccccc1. The zero-order chi connectivity index (χ0) is 24.0. The molecule has 1 aliphatic rings. The Labute approximate surface area is 210 Å². The molecule has 0 amide bonds. The molecule has 4 nitrogen and oxygen atoms in total. The first-order chi connectivity index (χ1) is 16.4. The van der Waals surface area contributed by atoms with Crippen LogP contribution < -0.4 is 10.4 Å². The summed E-state index contributed by atoms with van der Waals surface area (Å²) in [6.45, 7) is 13.9. The highest BCUT2D eigenvalue weighted by atomic mass is 35.5. The number of hydrogen-bond donors (Lipinski definition) is 0. The monoisotopic (exact) mass is 493 g/mol. The van der Waals surface area contributed by atoms with E-state index in [4.69, 9.17) is 16.0 Å². The number of halogens is 1. The van der Waals surface area contributed by atoms with Crippen molar-refractivity contribution in [3.8, 4) is 0 Å². The summed E-state index contributed by atoms with van der Waals surface area (Å²) in [6, 6.07) is 25.7. The number of nitrogens with zero attached hydrogens (tertiary/aromatic N) is 3. The van der Waals surface area contributed by atoms with Crippen LogP contribution in [-0.4, -0.2) is 62.4 Å². The molecule has 0 saturated carbocycles. The van der Waals surface area contributed by atoms with Gasteiger partial charge in [-0.1, -0.05) is 99.1 Å². The van der Waals surface area contributed by atoms with Gasteiger partial charge in [-0.25, -0.2) is 4.98 Å². The third kappa shape index (κ3) is 5.78. The largest absolute Gasteiger partial charge is 0.406 e. The molecule has 0 N–H and O–H groups in total. The van der Waals surface area contributed by atoms with Gasteiger partial charge in [0.1, 0.15) is 5.15 Å². The van der Waals surface area contributed by atoms with Crippen LogP contribution in [0.3, 0.4) is 0 Å². The van der Waals surface area contributed by atoms with E-state index in [1.165, 1.54) is 15.9 Å². The topological polar surface area (TPSA) is 28.6 Å². The lowest BCUT2D eigenvalue weighted by atomic mass is 10.2. The van der Waals surface area contributed by atoms with E-state index in [0.717, 1.165) is 45.9 Å². The van der Waals surface area contributed by atoms with Crippen molar-refractivity contribution in [2.75, 3.05) is 39.3 Å². The van der Waals surface area contributed by atoms with Crippen molar-refractivity contribution in [3.05, 3.63) is 89.7 Å². The Morgan fingerprint density at radius 1 is 0.824 bits per heavy atom. The van der Waals surface area contributed by atoms with Crippen LogP contribution in [0.1, 0.15) is 26.3 Å². The first-order valence-corrected chi connectivity index (χ1v) is 14.5. The van der Waals surface area contributed by atoms with E-state index in [9.17, 15) is 0 Å². The number of benzene rings is 2. The lowest BCUT2D eigenvalue weighted by molar-refractivity contribution is 0.111. The van der Waals surface area contributed by atoms with Crippen LogP contribution in [0.25, 0.3) is 0 Å². The normalized spacial score (nSPS) is 16.0. The molecule has 3 aromatic rings. The van der Waals surface area contributed by atoms with Crippen LogP contribution in [0.15, 0.2) is 79.0 Å². The maximum absolute atomic E-state index is 7.07. The molecule has 2 heterocycles. The summed E-state index contributed by atoms with van der Waals surface area (Å²) in [5.41, 5.74) is 1.22. The maximum Gasteiger partial charge on any atom is 0.261 e. The second kappa shape index (κ2) is 11.1. The molecule has 4 rings (SSSR count).